The molecule has 8 nitrogen and oxygen atoms in total. The van der Waals surface area contributed by atoms with Gasteiger partial charge in [0, 0.05) is 37.5 Å². The Morgan fingerprint density at radius 3 is 2.31 bits per heavy atom. The number of aliphatic hydroxyl groups excluding tert-OH is 1. The lowest BCUT2D eigenvalue weighted by molar-refractivity contribution is -0.0781. The topological polar surface area (TPSA) is 82.4 Å². The monoisotopic (exact) mass is 620 g/mol. The molecule has 0 aliphatic carbocycles. The summed E-state index contributed by atoms with van der Waals surface area (Å²) in [5.41, 5.74) is 3.02. The second-order valence-corrected chi connectivity index (χ2v) is 11.9. The lowest BCUT2D eigenvalue weighted by atomic mass is 10.0. The molecular formula is C35H38F2N2O6. The van der Waals surface area contributed by atoms with Crippen molar-refractivity contribution in [1.82, 2.24) is 9.47 Å². The number of halogens is 2. The van der Waals surface area contributed by atoms with E-state index in [1.165, 1.54) is 13.2 Å². The fourth-order valence-electron chi connectivity index (χ4n) is 5.38. The van der Waals surface area contributed by atoms with Gasteiger partial charge >= 0.3 is 6.09 Å². The van der Waals surface area contributed by atoms with Gasteiger partial charge in [0.05, 0.1) is 24.9 Å². The van der Waals surface area contributed by atoms with E-state index >= 15 is 0 Å². The molecule has 0 bridgehead atoms. The number of aliphatic hydroxyl groups is 1. The van der Waals surface area contributed by atoms with Gasteiger partial charge in [0.1, 0.15) is 11.4 Å². The van der Waals surface area contributed by atoms with Crippen LogP contribution in [0.4, 0.5) is 13.6 Å². The molecule has 10 heteroatoms. The van der Waals surface area contributed by atoms with Crippen LogP contribution in [0.5, 0.6) is 11.5 Å². The Balaban J connectivity index is 1.48. The summed E-state index contributed by atoms with van der Waals surface area (Å²) in [6.45, 7) is 6.95. The zero-order chi connectivity index (χ0) is 32.1. The average molecular weight is 621 g/mol. The van der Waals surface area contributed by atoms with Crippen molar-refractivity contribution in [2.45, 2.75) is 58.3 Å². The summed E-state index contributed by atoms with van der Waals surface area (Å²) in [5.74, 6) is -1.86. The second kappa shape index (κ2) is 13.8. The number of amides is 1. The highest BCUT2D eigenvalue weighted by molar-refractivity contribution is 5.70. The molecule has 1 aliphatic rings. The number of carbonyl (C=O) groups is 1. The third-order valence-corrected chi connectivity index (χ3v) is 7.51. The normalized spacial score (nSPS) is 15.7. The van der Waals surface area contributed by atoms with Crippen LogP contribution in [-0.2, 0) is 27.4 Å². The largest absolute Gasteiger partial charge is 0.451 e. The van der Waals surface area contributed by atoms with E-state index in [0.29, 0.717) is 48.5 Å². The molecular weight excluding hydrogens is 582 g/mol. The maximum Gasteiger partial charge on any atom is 0.410 e. The highest BCUT2D eigenvalue weighted by Crippen LogP contribution is 2.39. The molecule has 0 saturated carbocycles. The Morgan fingerprint density at radius 2 is 1.67 bits per heavy atom. The van der Waals surface area contributed by atoms with Gasteiger partial charge in [-0.2, -0.15) is 0 Å². The zero-order valence-electron chi connectivity index (χ0n) is 25.8. The van der Waals surface area contributed by atoms with Crippen LogP contribution in [0.15, 0.2) is 79.0 Å². The Kier molecular flexibility index (Phi) is 9.86. The lowest BCUT2D eigenvalue weighted by Gasteiger charge is -2.25. The maximum atomic E-state index is 14.2. The molecule has 1 N–H and O–H groups in total. The van der Waals surface area contributed by atoms with Crippen LogP contribution in [0.3, 0.4) is 0 Å². The van der Waals surface area contributed by atoms with E-state index in [1.807, 2.05) is 61.9 Å². The van der Waals surface area contributed by atoms with Crippen molar-refractivity contribution in [2.24, 2.45) is 0 Å². The Hall–Kier alpha value is -4.25. The van der Waals surface area contributed by atoms with Crippen molar-refractivity contribution >= 4 is 6.09 Å². The van der Waals surface area contributed by atoms with Gasteiger partial charge in [-0.15, -0.1) is 0 Å². The smallest absolute Gasteiger partial charge is 0.410 e. The van der Waals surface area contributed by atoms with Crippen LogP contribution < -0.4 is 4.74 Å². The number of hydrogen-bond donors (Lipinski definition) is 1. The predicted molar refractivity (Wildman–Crippen MR) is 165 cm³/mol. The minimum atomic E-state index is -1.27. The third kappa shape index (κ3) is 7.70. The minimum absolute atomic E-state index is 0.115. The summed E-state index contributed by atoms with van der Waals surface area (Å²) >= 11 is 0. The van der Waals surface area contributed by atoms with Gasteiger partial charge < -0.3 is 33.5 Å². The second-order valence-electron chi connectivity index (χ2n) is 11.9. The van der Waals surface area contributed by atoms with Gasteiger partial charge in [-0.1, -0.05) is 48.5 Å². The fraction of sp³-hybridized carbons (Fsp3) is 0.343. The van der Waals surface area contributed by atoms with Gasteiger partial charge in [0.25, 0.3) is 0 Å². The van der Waals surface area contributed by atoms with Gasteiger partial charge in [0.15, 0.2) is 23.7 Å². The van der Waals surface area contributed by atoms with Crippen LogP contribution in [0.25, 0.3) is 11.1 Å². The van der Waals surface area contributed by atoms with E-state index in [-0.39, 0.29) is 24.5 Å². The molecule has 0 spiro atoms. The van der Waals surface area contributed by atoms with Gasteiger partial charge in [-0.05, 0) is 62.6 Å². The molecule has 2 atom stereocenters. The maximum absolute atomic E-state index is 14.2. The Morgan fingerprint density at radius 1 is 0.978 bits per heavy atom. The molecule has 1 aliphatic heterocycles. The van der Waals surface area contributed by atoms with E-state index in [9.17, 15) is 18.7 Å². The lowest BCUT2D eigenvalue weighted by Crippen LogP contribution is -2.35. The Bertz CT molecular complexity index is 1580. The van der Waals surface area contributed by atoms with Crippen molar-refractivity contribution < 1.29 is 37.6 Å². The van der Waals surface area contributed by atoms with Gasteiger partial charge in [-0.25, -0.2) is 13.6 Å². The first kappa shape index (κ1) is 32.2. The van der Waals surface area contributed by atoms with E-state index in [1.54, 1.807) is 29.2 Å². The molecule has 1 saturated heterocycles. The zero-order valence-corrected chi connectivity index (χ0v) is 25.8. The van der Waals surface area contributed by atoms with Gasteiger partial charge in [-0.3, -0.25) is 0 Å². The molecule has 4 aromatic rings. The molecule has 1 amide bonds. The summed E-state index contributed by atoms with van der Waals surface area (Å²) in [6.07, 6.45) is 0.943. The van der Waals surface area contributed by atoms with E-state index < -0.39 is 29.3 Å². The third-order valence-electron chi connectivity index (χ3n) is 7.51. The molecule has 238 valence electrons. The van der Waals surface area contributed by atoms with Crippen molar-refractivity contribution in [3.63, 3.8) is 0 Å². The Labute approximate surface area is 261 Å². The summed E-state index contributed by atoms with van der Waals surface area (Å²) in [5, 5.41) is 11.1. The summed E-state index contributed by atoms with van der Waals surface area (Å²) in [4.78, 5) is 14.5. The molecule has 1 fully saturated rings. The highest BCUT2D eigenvalue weighted by Gasteiger charge is 2.34. The summed E-state index contributed by atoms with van der Waals surface area (Å²) in [7, 11) is 1.42. The number of methoxy groups -OCH3 is 1. The number of ether oxygens (including phenoxy) is 4. The molecule has 3 aromatic carbocycles. The van der Waals surface area contributed by atoms with Crippen molar-refractivity contribution in [1.29, 1.82) is 0 Å². The summed E-state index contributed by atoms with van der Waals surface area (Å²) in [6, 6.07) is 19.9. The van der Waals surface area contributed by atoms with Crippen LogP contribution in [-0.4, -0.2) is 46.5 Å². The number of carbonyl (C=O) groups excluding carboxylic acids is 1. The number of nitrogens with zero attached hydrogens (tertiary/aromatic N) is 2. The van der Waals surface area contributed by atoms with Crippen molar-refractivity contribution in [3.8, 4) is 22.6 Å². The number of aromatic nitrogens is 1. The average Bonchev–Trinajstić information content (AvgIpc) is 3.65. The first-order chi connectivity index (χ1) is 21.5. The molecule has 0 radical (unpaired) electrons. The molecule has 2 heterocycles. The number of rotatable bonds is 10. The quantitative estimate of drug-likeness (QED) is 0.183. The van der Waals surface area contributed by atoms with E-state index in [4.69, 9.17) is 18.9 Å². The van der Waals surface area contributed by atoms with Crippen LogP contribution in [0.1, 0.15) is 56.3 Å². The fourth-order valence-corrected chi connectivity index (χ4v) is 5.38. The number of hydrogen-bond acceptors (Lipinski definition) is 6. The SMILES string of the molecule is COC(O)c1c(-c2ccc(Oc3c(F)cccc3F)cc2)cn([C@@H]2CCN(C(=O)OC(C)(C)C)C2)c1COCc1ccccc1. The van der Waals surface area contributed by atoms with E-state index in [0.717, 1.165) is 17.7 Å². The predicted octanol–water partition coefficient (Wildman–Crippen LogP) is 7.76. The van der Waals surface area contributed by atoms with Crippen LogP contribution in [0, 0.1) is 11.6 Å². The molecule has 1 aromatic heterocycles. The van der Waals surface area contributed by atoms with Crippen LogP contribution in [0.2, 0.25) is 0 Å². The van der Waals surface area contributed by atoms with Gasteiger partial charge in [0.2, 0.25) is 0 Å². The standard InChI is InChI=1S/C35H38F2N2O6/c1-35(2,3)45-34(41)38-18-17-25(19-38)39-20-27(24-13-15-26(16-14-24)44-32-28(36)11-8-12-29(32)37)31(33(40)42-4)30(39)22-43-21-23-9-6-5-7-10-23/h5-16,20,25,33,40H,17-19,21-22H2,1-4H3/t25-,33?/m1/s1. The molecule has 45 heavy (non-hydrogen) atoms. The number of likely N-dealkylation sites (tertiary alicyclic amines) is 1. The van der Waals surface area contributed by atoms with Crippen LogP contribution >= 0.6 is 0 Å². The molecule has 1 unspecified atom stereocenters. The summed E-state index contributed by atoms with van der Waals surface area (Å²) < 4.78 is 53.1. The van der Waals surface area contributed by atoms with E-state index in [2.05, 4.69) is 0 Å². The minimum Gasteiger partial charge on any atom is -0.451 e. The highest BCUT2D eigenvalue weighted by atomic mass is 19.1. The van der Waals surface area contributed by atoms with Crippen molar-refractivity contribution in [3.05, 3.63) is 107 Å². The first-order valence-electron chi connectivity index (χ1n) is 14.8. The first-order valence-corrected chi connectivity index (χ1v) is 14.8. The number of para-hydroxylation sites is 1. The molecule has 5 rings (SSSR count). The number of benzene rings is 3. The van der Waals surface area contributed by atoms with Crippen molar-refractivity contribution in [2.75, 3.05) is 20.2 Å².